The zero-order valence-corrected chi connectivity index (χ0v) is 18.8. The molecule has 4 aromatic rings. The third kappa shape index (κ3) is 4.61. The van der Waals surface area contributed by atoms with Crippen LogP contribution in [-0.4, -0.2) is 25.9 Å². The van der Waals surface area contributed by atoms with Crippen molar-refractivity contribution < 1.29 is 9.32 Å². The number of fused-ring (bicyclic) bond motifs is 1. The van der Waals surface area contributed by atoms with E-state index in [0.717, 1.165) is 11.8 Å². The maximum absolute atomic E-state index is 13.3. The first kappa shape index (κ1) is 21.4. The molecule has 1 atom stereocenters. The Labute approximate surface area is 191 Å². The summed E-state index contributed by atoms with van der Waals surface area (Å²) in [4.78, 5) is 30.6. The molecule has 0 radical (unpaired) electrons. The fraction of sp³-hybridized carbons (Fsp3) is 0.143. The molecule has 0 saturated heterocycles. The van der Waals surface area contributed by atoms with Gasteiger partial charge in [-0.2, -0.15) is 0 Å². The number of anilines is 1. The van der Waals surface area contributed by atoms with Gasteiger partial charge in [0.2, 0.25) is 11.8 Å². The average Bonchev–Trinajstić information content (AvgIpc) is 3.13. The number of halogens is 2. The Morgan fingerprint density at radius 1 is 1.13 bits per heavy atom. The highest BCUT2D eigenvalue weighted by molar-refractivity contribution is 8.00. The first-order valence-electron chi connectivity index (χ1n) is 9.21. The third-order valence-corrected chi connectivity index (χ3v) is 5.95. The van der Waals surface area contributed by atoms with Crippen molar-refractivity contribution >= 4 is 57.7 Å². The molecule has 2 aromatic heterocycles. The maximum atomic E-state index is 13.3. The molecule has 31 heavy (non-hydrogen) atoms. The Balaban J connectivity index is 1.75. The number of nitrogens with one attached hydrogen (secondary N) is 1. The molecular formula is C21H16Cl2N4O3S. The van der Waals surface area contributed by atoms with Gasteiger partial charge in [0.1, 0.15) is 0 Å². The van der Waals surface area contributed by atoms with E-state index in [2.05, 4.69) is 15.5 Å². The fourth-order valence-corrected chi connectivity index (χ4v) is 4.11. The van der Waals surface area contributed by atoms with Crippen LogP contribution in [0, 0.1) is 6.92 Å². The lowest BCUT2D eigenvalue weighted by Gasteiger charge is -2.16. The summed E-state index contributed by atoms with van der Waals surface area (Å²) in [6, 6.07) is 13.3. The van der Waals surface area contributed by atoms with E-state index in [-0.39, 0.29) is 17.4 Å². The lowest BCUT2D eigenvalue weighted by atomic mass is 10.2. The van der Waals surface area contributed by atoms with Crippen LogP contribution in [0.2, 0.25) is 10.0 Å². The number of carbonyl (C=O) groups excluding carboxylic acids is 1. The van der Waals surface area contributed by atoms with Gasteiger partial charge in [-0.1, -0.05) is 40.1 Å². The molecule has 0 spiro atoms. The second-order valence-corrected chi connectivity index (χ2v) is 8.94. The predicted molar refractivity (Wildman–Crippen MR) is 123 cm³/mol. The largest absolute Gasteiger partial charge is 0.338 e. The van der Waals surface area contributed by atoms with E-state index in [1.165, 1.54) is 4.57 Å². The summed E-state index contributed by atoms with van der Waals surface area (Å²) in [5.41, 5.74) is 1.41. The van der Waals surface area contributed by atoms with Gasteiger partial charge in [0.05, 0.1) is 27.5 Å². The Kier molecular flexibility index (Phi) is 6.04. The van der Waals surface area contributed by atoms with E-state index in [1.807, 2.05) is 0 Å². The van der Waals surface area contributed by atoms with Crippen molar-refractivity contribution in [2.24, 2.45) is 0 Å². The quantitative estimate of drug-likeness (QED) is 0.319. The van der Waals surface area contributed by atoms with Gasteiger partial charge in [0.15, 0.2) is 5.16 Å². The number of aromatic nitrogens is 3. The van der Waals surface area contributed by atoms with Crippen LogP contribution < -0.4 is 10.9 Å². The predicted octanol–water partition coefficient (Wildman–Crippen LogP) is 5.11. The zero-order chi connectivity index (χ0) is 22.1. The van der Waals surface area contributed by atoms with Gasteiger partial charge >= 0.3 is 0 Å². The fourth-order valence-electron chi connectivity index (χ4n) is 2.89. The highest BCUT2D eigenvalue weighted by atomic mass is 35.5. The van der Waals surface area contributed by atoms with Crippen LogP contribution in [0.4, 0.5) is 5.88 Å². The number of nitrogens with zero attached hydrogens (tertiary/aromatic N) is 3. The van der Waals surface area contributed by atoms with Crippen LogP contribution in [-0.2, 0) is 4.79 Å². The summed E-state index contributed by atoms with van der Waals surface area (Å²) in [6.45, 7) is 3.47. The van der Waals surface area contributed by atoms with Gasteiger partial charge in [-0.15, -0.1) is 0 Å². The van der Waals surface area contributed by atoms with E-state index in [4.69, 9.17) is 27.7 Å². The number of carbonyl (C=O) groups is 1. The van der Waals surface area contributed by atoms with Crippen LogP contribution in [0.1, 0.15) is 12.6 Å². The van der Waals surface area contributed by atoms with Crippen LogP contribution in [0.3, 0.4) is 0 Å². The molecule has 0 saturated carbocycles. The van der Waals surface area contributed by atoms with E-state index in [9.17, 15) is 9.59 Å². The molecule has 0 aliphatic rings. The van der Waals surface area contributed by atoms with Crippen molar-refractivity contribution in [1.29, 1.82) is 0 Å². The Morgan fingerprint density at radius 2 is 1.84 bits per heavy atom. The Hall–Kier alpha value is -2.81. The Morgan fingerprint density at radius 3 is 2.52 bits per heavy atom. The summed E-state index contributed by atoms with van der Waals surface area (Å²) in [6.07, 6.45) is 0. The smallest absolute Gasteiger partial charge is 0.266 e. The minimum Gasteiger partial charge on any atom is -0.338 e. The minimum absolute atomic E-state index is 0.253. The third-order valence-electron chi connectivity index (χ3n) is 4.41. The van der Waals surface area contributed by atoms with Gasteiger partial charge in [0.25, 0.3) is 5.56 Å². The minimum atomic E-state index is -0.590. The molecule has 158 valence electrons. The average molecular weight is 475 g/mol. The van der Waals surface area contributed by atoms with Crippen molar-refractivity contribution in [3.05, 3.63) is 74.6 Å². The van der Waals surface area contributed by atoms with Gasteiger partial charge < -0.3 is 4.52 Å². The molecule has 7 nitrogen and oxygen atoms in total. The molecule has 1 amide bonds. The molecule has 4 rings (SSSR count). The molecule has 0 bridgehead atoms. The summed E-state index contributed by atoms with van der Waals surface area (Å²) in [5.74, 6) is -0.0625. The van der Waals surface area contributed by atoms with Crippen molar-refractivity contribution in [1.82, 2.24) is 14.7 Å². The van der Waals surface area contributed by atoms with E-state index < -0.39 is 5.25 Å². The highest BCUT2D eigenvalue weighted by Gasteiger charge is 2.21. The molecule has 10 heteroatoms. The molecule has 2 heterocycles. The summed E-state index contributed by atoms with van der Waals surface area (Å²) in [5, 5.41) is 7.60. The highest BCUT2D eigenvalue weighted by Crippen LogP contribution is 2.27. The molecule has 1 N–H and O–H groups in total. The van der Waals surface area contributed by atoms with Crippen molar-refractivity contribution in [3.8, 4) is 5.69 Å². The molecule has 1 unspecified atom stereocenters. The van der Waals surface area contributed by atoms with E-state index >= 15 is 0 Å². The van der Waals surface area contributed by atoms with Gasteiger partial charge in [-0.3, -0.25) is 19.5 Å². The van der Waals surface area contributed by atoms with Gasteiger partial charge in [-0.05, 0) is 56.3 Å². The van der Waals surface area contributed by atoms with Crippen LogP contribution in [0.15, 0.2) is 63.0 Å². The lowest BCUT2D eigenvalue weighted by Crippen LogP contribution is -2.26. The summed E-state index contributed by atoms with van der Waals surface area (Å²) in [7, 11) is 0. The van der Waals surface area contributed by atoms with Crippen molar-refractivity contribution in [3.63, 3.8) is 0 Å². The Bertz CT molecular complexity index is 1330. The van der Waals surface area contributed by atoms with Crippen molar-refractivity contribution in [2.75, 3.05) is 5.32 Å². The topological polar surface area (TPSA) is 90.0 Å². The lowest BCUT2D eigenvalue weighted by molar-refractivity contribution is -0.115. The first-order chi connectivity index (χ1) is 14.8. The van der Waals surface area contributed by atoms with Crippen LogP contribution in [0.25, 0.3) is 16.6 Å². The number of rotatable bonds is 5. The number of benzene rings is 2. The number of aryl methyl sites for hydroxylation is 1. The van der Waals surface area contributed by atoms with Crippen LogP contribution >= 0.6 is 35.0 Å². The second-order valence-electron chi connectivity index (χ2n) is 6.75. The number of thioether (sulfide) groups is 1. The molecule has 2 aromatic carbocycles. The molecular weight excluding hydrogens is 459 g/mol. The monoisotopic (exact) mass is 474 g/mol. The molecule has 0 aliphatic carbocycles. The maximum Gasteiger partial charge on any atom is 0.266 e. The van der Waals surface area contributed by atoms with Crippen LogP contribution in [0.5, 0.6) is 0 Å². The normalized spacial score (nSPS) is 12.1. The van der Waals surface area contributed by atoms with E-state index in [0.29, 0.717) is 37.5 Å². The first-order valence-corrected chi connectivity index (χ1v) is 10.8. The summed E-state index contributed by atoms with van der Waals surface area (Å²) >= 11 is 13.2. The second kappa shape index (κ2) is 8.74. The molecule has 0 aliphatic heterocycles. The SMILES string of the molecule is Cc1cc(NC(=O)C(C)Sc2nc3cc(Cl)ccc3c(=O)n2-c2ccc(Cl)cc2)on1. The number of hydrogen-bond donors (Lipinski definition) is 1. The molecule has 0 fully saturated rings. The zero-order valence-electron chi connectivity index (χ0n) is 16.4. The van der Waals surface area contributed by atoms with Gasteiger partial charge in [-0.25, -0.2) is 4.98 Å². The van der Waals surface area contributed by atoms with Crippen molar-refractivity contribution in [2.45, 2.75) is 24.3 Å². The van der Waals surface area contributed by atoms with E-state index in [1.54, 1.807) is 62.4 Å². The number of hydrogen-bond acceptors (Lipinski definition) is 6. The summed E-state index contributed by atoms with van der Waals surface area (Å²) < 4.78 is 6.50. The number of amides is 1. The standard InChI is InChI=1S/C21H16Cl2N4O3S/c1-11-9-18(30-26-11)25-19(28)12(2)31-21-24-17-10-14(23)5-8-16(17)20(29)27(21)15-6-3-13(22)4-7-15/h3-10,12H,1-2H3,(H,25,28). The van der Waals surface area contributed by atoms with Gasteiger partial charge in [0, 0.05) is 16.1 Å².